The molecule has 3 heteroatoms. The minimum Gasteiger partial charge on any atom is -0.492 e. The molecule has 0 N–H and O–H groups in total. The number of likely N-dealkylation sites (tertiary alicyclic amines) is 2. The Kier molecular flexibility index (Phi) is 6.40. The number of hydrogen-bond acceptors (Lipinski definition) is 3. The van der Waals surface area contributed by atoms with E-state index in [0.29, 0.717) is 18.0 Å². The van der Waals surface area contributed by atoms with Crippen LogP contribution in [0.4, 0.5) is 0 Å². The van der Waals surface area contributed by atoms with Crippen LogP contribution in [0.5, 0.6) is 5.75 Å². The standard InChI is InChI=1S/C22H36N2O/c1-17(2)14-24-15-18(3)10-11-22(24)19-7-5-9-21(13-19)25-16-20-8-6-12-23(20)4/h5,7,9,13,17-18,20,22H,6,8,10-12,14-16H2,1-4H3/t18-,20-,22+/m0/s1. The number of likely N-dealkylation sites (N-methyl/N-ethyl adjacent to an activating group) is 1. The van der Waals surface area contributed by atoms with E-state index >= 15 is 0 Å². The van der Waals surface area contributed by atoms with Gasteiger partial charge in [0.1, 0.15) is 12.4 Å². The van der Waals surface area contributed by atoms with Crippen molar-refractivity contribution in [2.45, 2.75) is 58.5 Å². The first kappa shape index (κ1) is 18.7. The lowest BCUT2D eigenvalue weighted by Crippen LogP contribution is -2.39. The van der Waals surface area contributed by atoms with Crippen molar-refractivity contribution >= 4 is 0 Å². The van der Waals surface area contributed by atoms with Crippen molar-refractivity contribution in [1.29, 1.82) is 0 Å². The highest BCUT2D eigenvalue weighted by atomic mass is 16.5. The molecule has 0 amide bonds. The molecule has 0 radical (unpaired) electrons. The maximum Gasteiger partial charge on any atom is 0.119 e. The first-order chi connectivity index (χ1) is 12.0. The van der Waals surface area contributed by atoms with Crippen molar-refractivity contribution in [2.75, 3.05) is 33.3 Å². The van der Waals surface area contributed by atoms with Crippen molar-refractivity contribution in [3.63, 3.8) is 0 Å². The summed E-state index contributed by atoms with van der Waals surface area (Å²) in [7, 11) is 2.21. The molecule has 0 aromatic heterocycles. The predicted molar refractivity (Wildman–Crippen MR) is 105 cm³/mol. The molecule has 3 rings (SSSR count). The van der Waals surface area contributed by atoms with E-state index in [-0.39, 0.29) is 0 Å². The third-order valence-electron chi connectivity index (χ3n) is 5.88. The number of piperidine rings is 1. The highest BCUT2D eigenvalue weighted by Gasteiger charge is 2.28. The summed E-state index contributed by atoms with van der Waals surface area (Å²) >= 11 is 0. The second kappa shape index (κ2) is 8.55. The lowest BCUT2D eigenvalue weighted by atomic mass is 9.89. The van der Waals surface area contributed by atoms with Crippen LogP contribution < -0.4 is 4.74 Å². The predicted octanol–water partition coefficient (Wildman–Crippen LogP) is 4.59. The van der Waals surface area contributed by atoms with E-state index in [1.807, 2.05) is 0 Å². The maximum atomic E-state index is 6.17. The van der Waals surface area contributed by atoms with Crippen LogP contribution in [0.15, 0.2) is 24.3 Å². The number of ether oxygens (including phenoxy) is 1. The Morgan fingerprint density at radius 3 is 2.76 bits per heavy atom. The second-order valence-corrected chi connectivity index (χ2v) is 8.71. The summed E-state index contributed by atoms with van der Waals surface area (Å²) in [6.07, 6.45) is 5.16. The Bertz CT molecular complexity index is 543. The van der Waals surface area contributed by atoms with Crippen LogP contribution in [-0.2, 0) is 0 Å². The van der Waals surface area contributed by atoms with E-state index < -0.39 is 0 Å². The van der Waals surface area contributed by atoms with Crippen LogP contribution in [0, 0.1) is 11.8 Å². The Morgan fingerprint density at radius 2 is 2.04 bits per heavy atom. The van der Waals surface area contributed by atoms with E-state index in [1.54, 1.807) is 0 Å². The van der Waals surface area contributed by atoms with Gasteiger partial charge in [0.15, 0.2) is 0 Å². The maximum absolute atomic E-state index is 6.17. The SMILES string of the molecule is CC(C)CN1C[C@@H](C)CC[C@@H]1c1cccc(OC[C@@H]2CCCN2C)c1. The molecule has 0 spiro atoms. The molecule has 2 heterocycles. The van der Waals surface area contributed by atoms with Gasteiger partial charge in [0.05, 0.1) is 0 Å². The van der Waals surface area contributed by atoms with Crippen molar-refractivity contribution in [3.8, 4) is 5.75 Å². The summed E-state index contributed by atoms with van der Waals surface area (Å²) in [5, 5.41) is 0. The van der Waals surface area contributed by atoms with E-state index in [2.05, 4.69) is 61.9 Å². The Morgan fingerprint density at radius 1 is 1.20 bits per heavy atom. The quantitative estimate of drug-likeness (QED) is 0.751. The minimum atomic E-state index is 0.552. The molecule has 0 aliphatic carbocycles. The first-order valence-electron chi connectivity index (χ1n) is 10.2. The molecule has 2 fully saturated rings. The number of nitrogens with zero attached hydrogens (tertiary/aromatic N) is 2. The van der Waals surface area contributed by atoms with E-state index in [0.717, 1.165) is 18.3 Å². The molecule has 2 saturated heterocycles. The van der Waals surface area contributed by atoms with Crippen LogP contribution in [0.25, 0.3) is 0 Å². The third-order valence-corrected chi connectivity index (χ3v) is 5.88. The molecule has 1 aromatic carbocycles. The Labute approximate surface area is 154 Å². The Balaban J connectivity index is 1.66. The summed E-state index contributed by atoms with van der Waals surface area (Å²) in [6.45, 7) is 11.5. The van der Waals surface area contributed by atoms with E-state index in [4.69, 9.17) is 4.74 Å². The van der Waals surface area contributed by atoms with Gasteiger partial charge in [-0.05, 0) is 68.8 Å². The lowest BCUT2D eigenvalue weighted by Gasteiger charge is -2.40. The van der Waals surface area contributed by atoms with Crippen molar-refractivity contribution in [1.82, 2.24) is 9.80 Å². The van der Waals surface area contributed by atoms with E-state index in [1.165, 1.54) is 50.9 Å². The van der Waals surface area contributed by atoms with Crippen molar-refractivity contribution in [3.05, 3.63) is 29.8 Å². The molecular weight excluding hydrogens is 308 g/mol. The van der Waals surface area contributed by atoms with Crippen LogP contribution in [0.1, 0.15) is 58.1 Å². The van der Waals surface area contributed by atoms with Crippen molar-refractivity contribution in [2.24, 2.45) is 11.8 Å². The van der Waals surface area contributed by atoms with Gasteiger partial charge in [0, 0.05) is 25.2 Å². The molecule has 2 aliphatic heterocycles. The highest BCUT2D eigenvalue weighted by molar-refractivity contribution is 5.31. The smallest absolute Gasteiger partial charge is 0.119 e. The average molecular weight is 345 g/mol. The summed E-state index contributed by atoms with van der Waals surface area (Å²) < 4.78 is 6.17. The molecule has 3 nitrogen and oxygen atoms in total. The zero-order valence-corrected chi connectivity index (χ0v) is 16.6. The fourth-order valence-corrected chi connectivity index (χ4v) is 4.49. The molecule has 25 heavy (non-hydrogen) atoms. The summed E-state index contributed by atoms with van der Waals surface area (Å²) in [5.41, 5.74) is 1.44. The topological polar surface area (TPSA) is 15.7 Å². The molecule has 0 saturated carbocycles. The fraction of sp³-hybridized carbons (Fsp3) is 0.727. The Hall–Kier alpha value is -1.06. The highest BCUT2D eigenvalue weighted by Crippen LogP contribution is 2.35. The molecule has 140 valence electrons. The third kappa shape index (κ3) is 4.98. The molecule has 2 aliphatic rings. The molecule has 0 unspecified atom stereocenters. The van der Waals surface area contributed by atoms with Gasteiger partial charge in [-0.25, -0.2) is 0 Å². The van der Waals surface area contributed by atoms with E-state index in [9.17, 15) is 0 Å². The number of hydrogen-bond donors (Lipinski definition) is 0. The summed E-state index contributed by atoms with van der Waals surface area (Å²) in [5.74, 6) is 2.57. The summed E-state index contributed by atoms with van der Waals surface area (Å²) in [6, 6.07) is 10.0. The van der Waals surface area contributed by atoms with Crippen molar-refractivity contribution < 1.29 is 4.74 Å². The van der Waals surface area contributed by atoms with Crippen LogP contribution in [0.2, 0.25) is 0 Å². The molecule has 3 atom stereocenters. The van der Waals surface area contributed by atoms with Crippen LogP contribution in [-0.4, -0.2) is 49.1 Å². The van der Waals surface area contributed by atoms with Crippen LogP contribution >= 0.6 is 0 Å². The number of rotatable bonds is 6. The van der Waals surface area contributed by atoms with Gasteiger partial charge in [-0.2, -0.15) is 0 Å². The normalized spacial score (nSPS) is 28.6. The summed E-state index contributed by atoms with van der Waals surface area (Å²) in [4.78, 5) is 5.12. The zero-order chi connectivity index (χ0) is 17.8. The van der Waals surface area contributed by atoms with Gasteiger partial charge in [-0.15, -0.1) is 0 Å². The van der Waals surface area contributed by atoms with Gasteiger partial charge in [0.25, 0.3) is 0 Å². The van der Waals surface area contributed by atoms with Gasteiger partial charge in [-0.3, -0.25) is 4.90 Å². The van der Waals surface area contributed by atoms with Gasteiger partial charge >= 0.3 is 0 Å². The average Bonchev–Trinajstić information content (AvgIpc) is 2.98. The first-order valence-corrected chi connectivity index (χ1v) is 10.2. The van der Waals surface area contributed by atoms with Crippen LogP contribution in [0.3, 0.4) is 0 Å². The molecule has 0 bridgehead atoms. The van der Waals surface area contributed by atoms with Gasteiger partial charge < -0.3 is 9.64 Å². The van der Waals surface area contributed by atoms with Gasteiger partial charge in [-0.1, -0.05) is 32.9 Å². The lowest BCUT2D eigenvalue weighted by molar-refractivity contribution is 0.100. The minimum absolute atomic E-state index is 0.552. The number of benzene rings is 1. The zero-order valence-electron chi connectivity index (χ0n) is 16.6. The largest absolute Gasteiger partial charge is 0.492 e. The van der Waals surface area contributed by atoms with Gasteiger partial charge in [0.2, 0.25) is 0 Å². The molecule has 1 aromatic rings. The monoisotopic (exact) mass is 344 g/mol. The fourth-order valence-electron chi connectivity index (χ4n) is 4.49. The molecular formula is C22H36N2O. The second-order valence-electron chi connectivity index (χ2n) is 8.71.